The maximum Gasteiger partial charge on any atom is 0.454 e. The van der Waals surface area contributed by atoms with Crippen molar-refractivity contribution in [3.05, 3.63) is 11.8 Å². The van der Waals surface area contributed by atoms with Gasteiger partial charge in [0.15, 0.2) is 0 Å². The highest BCUT2D eigenvalue weighted by molar-refractivity contribution is 5.94. The molecule has 0 fully saturated rings. The van der Waals surface area contributed by atoms with E-state index < -0.39 is 30.0 Å². The first kappa shape index (κ1) is 11.8. The summed E-state index contributed by atoms with van der Waals surface area (Å²) in [5.74, 6) is -5.34. The third kappa shape index (κ3) is 3.81. The van der Waals surface area contributed by atoms with E-state index in [1.54, 1.807) is 0 Å². The van der Waals surface area contributed by atoms with Crippen molar-refractivity contribution in [1.29, 1.82) is 0 Å². The van der Waals surface area contributed by atoms with E-state index in [2.05, 4.69) is 0 Å². The number of hydrogen-bond donors (Lipinski definition) is 1. The van der Waals surface area contributed by atoms with E-state index in [4.69, 9.17) is 5.11 Å². The first-order chi connectivity index (χ1) is 5.55. The van der Waals surface area contributed by atoms with Crippen LogP contribution in [0.25, 0.3) is 0 Å². The number of carbonyl (C=O) groups is 1. The number of carbonyl (C=O) groups excluding carboxylic acids is 1. The quantitative estimate of drug-likeness (QED) is 0.407. The van der Waals surface area contributed by atoms with Crippen LogP contribution >= 0.6 is 0 Å². The highest BCUT2D eigenvalue weighted by Crippen LogP contribution is 2.25. The second-order valence-electron chi connectivity index (χ2n) is 1.89. The predicted octanol–water partition coefficient (Wildman–Crippen LogP) is 2.12. The van der Waals surface area contributed by atoms with Crippen LogP contribution < -0.4 is 0 Å². The van der Waals surface area contributed by atoms with E-state index >= 15 is 0 Å². The summed E-state index contributed by atoms with van der Waals surface area (Å²) in [6.45, 7) is 0. The summed E-state index contributed by atoms with van der Waals surface area (Å²) in [6, 6.07) is 0. The Morgan fingerprint density at radius 3 is 1.62 bits per heavy atom. The zero-order valence-corrected chi connectivity index (χ0v) is 5.70. The molecule has 1 N–H and O–H groups in total. The molecule has 0 aromatic heterocycles. The third-order valence-corrected chi connectivity index (χ3v) is 0.838. The first-order valence-corrected chi connectivity index (χ1v) is 2.64. The molecular weight excluding hydrogens is 206 g/mol. The first-order valence-electron chi connectivity index (χ1n) is 2.64. The Balaban J connectivity index is 4.70. The Kier molecular flexibility index (Phi) is 2.96. The Morgan fingerprint density at radius 1 is 1.00 bits per heavy atom. The predicted molar refractivity (Wildman–Crippen MR) is 27.8 cm³/mol. The van der Waals surface area contributed by atoms with Crippen molar-refractivity contribution in [1.82, 2.24) is 0 Å². The molecule has 0 aliphatic heterocycles. The SMILES string of the molecule is O=C(/C=C(\O)C(F)(F)F)C(F)(F)F. The van der Waals surface area contributed by atoms with Crippen LogP contribution in [-0.2, 0) is 4.79 Å². The van der Waals surface area contributed by atoms with Gasteiger partial charge in [-0.15, -0.1) is 0 Å². The minimum Gasteiger partial charge on any atom is -0.504 e. The molecule has 0 saturated carbocycles. The molecule has 13 heavy (non-hydrogen) atoms. The lowest BCUT2D eigenvalue weighted by Crippen LogP contribution is -2.23. The van der Waals surface area contributed by atoms with Crippen molar-refractivity contribution in [2.24, 2.45) is 0 Å². The van der Waals surface area contributed by atoms with E-state index in [0.29, 0.717) is 0 Å². The molecule has 0 aromatic rings. The summed E-state index contributed by atoms with van der Waals surface area (Å²) in [7, 11) is 0. The summed E-state index contributed by atoms with van der Waals surface area (Å²) in [5, 5.41) is 7.93. The number of hydrogen-bond acceptors (Lipinski definition) is 2. The lowest BCUT2D eigenvalue weighted by atomic mass is 10.3. The van der Waals surface area contributed by atoms with E-state index in [0.717, 1.165) is 0 Å². The number of aliphatic hydroxyl groups is 1. The van der Waals surface area contributed by atoms with Crippen LogP contribution in [0.15, 0.2) is 11.8 Å². The number of allylic oxidation sites excluding steroid dienone is 2. The molecule has 0 amide bonds. The van der Waals surface area contributed by atoms with Gasteiger partial charge in [-0.2, -0.15) is 26.3 Å². The highest BCUT2D eigenvalue weighted by Gasteiger charge is 2.41. The molecule has 0 aliphatic carbocycles. The van der Waals surface area contributed by atoms with Gasteiger partial charge in [-0.1, -0.05) is 0 Å². The highest BCUT2D eigenvalue weighted by atomic mass is 19.4. The molecule has 0 aromatic carbocycles. The van der Waals surface area contributed by atoms with Crippen molar-refractivity contribution in [3.63, 3.8) is 0 Å². The van der Waals surface area contributed by atoms with Gasteiger partial charge >= 0.3 is 12.4 Å². The van der Waals surface area contributed by atoms with E-state index in [1.165, 1.54) is 0 Å². The summed E-state index contributed by atoms with van der Waals surface area (Å²) in [6.07, 6.45) is -11.7. The molecule has 0 radical (unpaired) electrons. The zero-order valence-electron chi connectivity index (χ0n) is 5.70. The van der Waals surface area contributed by atoms with Crippen LogP contribution in [0.4, 0.5) is 26.3 Å². The van der Waals surface area contributed by atoms with Gasteiger partial charge in [0.1, 0.15) is 0 Å². The van der Waals surface area contributed by atoms with Crippen LogP contribution in [0, 0.1) is 0 Å². The van der Waals surface area contributed by atoms with Crippen LogP contribution in [0.1, 0.15) is 0 Å². The van der Waals surface area contributed by atoms with Crippen molar-refractivity contribution in [2.75, 3.05) is 0 Å². The van der Waals surface area contributed by atoms with E-state index in [-0.39, 0.29) is 0 Å². The van der Waals surface area contributed by atoms with Crippen LogP contribution in [-0.4, -0.2) is 23.2 Å². The van der Waals surface area contributed by atoms with E-state index in [9.17, 15) is 31.1 Å². The molecule has 0 aliphatic rings. The molecule has 0 saturated heterocycles. The van der Waals surface area contributed by atoms with Gasteiger partial charge < -0.3 is 5.11 Å². The average molecular weight is 208 g/mol. The van der Waals surface area contributed by atoms with Gasteiger partial charge in [0.2, 0.25) is 5.76 Å². The molecule has 0 heterocycles. The normalized spacial score (nSPS) is 14.5. The van der Waals surface area contributed by atoms with Crippen LogP contribution in [0.2, 0.25) is 0 Å². The van der Waals surface area contributed by atoms with Crippen LogP contribution in [0.3, 0.4) is 0 Å². The molecule has 2 nitrogen and oxygen atoms in total. The fourth-order valence-electron chi connectivity index (χ4n) is 0.288. The molecule has 0 bridgehead atoms. The minimum atomic E-state index is -5.42. The fraction of sp³-hybridized carbons (Fsp3) is 0.400. The van der Waals surface area contributed by atoms with Gasteiger partial charge in [-0.05, 0) is 0 Å². The fourth-order valence-corrected chi connectivity index (χ4v) is 0.288. The number of aliphatic hydroxyl groups excluding tert-OH is 1. The minimum absolute atomic E-state index is 0.917. The van der Waals surface area contributed by atoms with Gasteiger partial charge in [0.25, 0.3) is 5.78 Å². The van der Waals surface area contributed by atoms with Crippen LogP contribution in [0.5, 0.6) is 0 Å². The topological polar surface area (TPSA) is 37.3 Å². The second-order valence-corrected chi connectivity index (χ2v) is 1.89. The average Bonchev–Trinajstić information content (AvgIpc) is 1.82. The van der Waals surface area contributed by atoms with Crippen molar-refractivity contribution < 1.29 is 36.2 Å². The summed E-state index contributed by atoms with van der Waals surface area (Å²) in [5.41, 5.74) is 0. The summed E-state index contributed by atoms with van der Waals surface area (Å²) in [4.78, 5) is 9.86. The Hall–Kier alpha value is -1.21. The van der Waals surface area contributed by atoms with E-state index in [1.807, 2.05) is 0 Å². The Bertz CT molecular complexity index is 234. The number of alkyl halides is 6. The molecule has 76 valence electrons. The van der Waals surface area contributed by atoms with Crippen molar-refractivity contribution in [3.8, 4) is 0 Å². The second kappa shape index (κ2) is 3.27. The largest absolute Gasteiger partial charge is 0.504 e. The van der Waals surface area contributed by atoms with Gasteiger partial charge in [0.05, 0.1) is 0 Å². The zero-order chi connectivity index (χ0) is 10.9. The third-order valence-electron chi connectivity index (χ3n) is 0.838. The van der Waals surface area contributed by atoms with Gasteiger partial charge in [-0.25, -0.2) is 0 Å². The molecular formula is C5H2F6O2. The number of rotatable bonds is 1. The lowest BCUT2D eigenvalue weighted by Gasteiger charge is -2.05. The number of ketones is 1. The number of halogens is 6. The Labute approximate surface area is 67.5 Å². The summed E-state index contributed by atoms with van der Waals surface area (Å²) < 4.78 is 68.1. The van der Waals surface area contributed by atoms with Gasteiger partial charge in [0, 0.05) is 6.08 Å². The van der Waals surface area contributed by atoms with Gasteiger partial charge in [-0.3, -0.25) is 4.79 Å². The maximum atomic E-state index is 11.4. The van der Waals surface area contributed by atoms with Crippen molar-refractivity contribution >= 4 is 5.78 Å². The summed E-state index contributed by atoms with van der Waals surface area (Å²) >= 11 is 0. The monoisotopic (exact) mass is 208 g/mol. The lowest BCUT2D eigenvalue weighted by molar-refractivity contribution is -0.166. The maximum absolute atomic E-state index is 11.4. The molecule has 0 spiro atoms. The molecule has 8 heteroatoms. The Morgan fingerprint density at radius 2 is 1.38 bits per heavy atom. The standard InChI is InChI=1S/C5H2F6O2/c6-4(7,8)2(12)1-3(13)5(9,10)11/h1,12H/b2-1-. The molecule has 0 rings (SSSR count). The van der Waals surface area contributed by atoms with Crippen molar-refractivity contribution in [2.45, 2.75) is 12.4 Å². The smallest absolute Gasteiger partial charge is 0.454 e. The molecule has 0 unspecified atom stereocenters. The molecule has 0 atom stereocenters.